The van der Waals surface area contributed by atoms with E-state index in [2.05, 4.69) is 22.3 Å². The summed E-state index contributed by atoms with van der Waals surface area (Å²) in [6.07, 6.45) is 2.05. The average Bonchev–Trinajstić information content (AvgIpc) is 3.37. The summed E-state index contributed by atoms with van der Waals surface area (Å²) in [5.41, 5.74) is 1.27. The quantitative estimate of drug-likeness (QED) is 0.704. The predicted molar refractivity (Wildman–Crippen MR) is 109 cm³/mol. The number of amides is 4. The summed E-state index contributed by atoms with van der Waals surface area (Å²) in [5.74, 6) is 0.265. The van der Waals surface area contributed by atoms with E-state index < -0.39 is 12.1 Å². The van der Waals surface area contributed by atoms with E-state index in [9.17, 15) is 14.4 Å². The molecule has 4 rings (SSSR count). The Morgan fingerprint density at radius 2 is 1.77 bits per heavy atom. The molecule has 158 valence electrons. The van der Waals surface area contributed by atoms with E-state index in [1.54, 1.807) is 12.1 Å². The molecule has 1 N–H and O–H groups in total. The summed E-state index contributed by atoms with van der Waals surface area (Å²) in [4.78, 5) is 42.5. The van der Waals surface area contributed by atoms with E-state index in [0.29, 0.717) is 25.3 Å². The van der Waals surface area contributed by atoms with E-state index in [-0.39, 0.29) is 24.8 Å². The highest BCUT2D eigenvalue weighted by atomic mass is 16.3. The van der Waals surface area contributed by atoms with Crippen LogP contribution in [0, 0.1) is 0 Å². The van der Waals surface area contributed by atoms with Crippen molar-refractivity contribution < 1.29 is 18.8 Å². The van der Waals surface area contributed by atoms with Crippen LogP contribution >= 0.6 is 0 Å². The Bertz CT molecular complexity index is 876. The van der Waals surface area contributed by atoms with Crippen LogP contribution in [0.5, 0.6) is 0 Å². The maximum Gasteiger partial charge on any atom is 0.325 e. The van der Waals surface area contributed by atoms with Gasteiger partial charge in [0.1, 0.15) is 11.8 Å². The van der Waals surface area contributed by atoms with Gasteiger partial charge in [-0.25, -0.2) is 4.79 Å². The van der Waals surface area contributed by atoms with Crippen LogP contribution in [0.4, 0.5) is 4.79 Å². The summed E-state index contributed by atoms with van der Waals surface area (Å²) in [6.45, 7) is 4.01. The summed E-state index contributed by atoms with van der Waals surface area (Å²) >= 11 is 0. The average molecular weight is 410 g/mol. The number of benzene rings is 1. The molecule has 2 aliphatic heterocycles. The first kappa shape index (κ1) is 20.2. The topological polar surface area (TPSA) is 86.1 Å². The fourth-order valence-electron chi connectivity index (χ4n) is 3.90. The maximum atomic E-state index is 12.6. The molecule has 2 fully saturated rings. The van der Waals surface area contributed by atoms with Crippen LogP contribution in [-0.2, 0) is 22.7 Å². The van der Waals surface area contributed by atoms with Gasteiger partial charge in [-0.3, -0.25) is 19.4 Å². The molecule has 0 radical (unpaired) electrons. The molecule has 1 atom stereocenters. The number of nitrogens with one attached hydrogen (secondary N) is 1. The van der Waals surface area contributed by atoms with Crippen molar-refractivity contribution in [1.29, 1.82) is 0 Å². The van der Waals surface area contributed by atoms with Gasteiger partial charge in [-0.15, -0.1) is 0 Å². The van der Waals surface area contributed by atoms with Crippen molar-refractivity contribution in [1.82, 2.24) is 20.0 Å². The third-order valence-electron chi connectivity index (χ3n) is 5.62. The van der Waals surface area contributed by atoms with E-state index in [0.717, 1.165) is 24.5 Å². The van der Waals surface area contributed by atoms with E-state index in [1.165, 1.54) is 11.8 Å². The standard InChI is InChI=1S/C22H26N4O4/c27-20(25-12-10-24(11-13-25)15-17-5-2-1-3-6-17)9-8-19-21(28)26(22(29)23-19)16-18-7-4-14-30-18/h1-7,14,19H,8-13,15-16H2,(H,23,29)/t19-/m0/s1. The number of urea groups is 1. The van der Waals surface area contributed by atoms with Gasteiger partial charge in [-0.1, -0.05) is 30.3 Å². The minimum Gasteiger partial charge on any atom is -0.467 e. The van der Waals surface area contributed by atoms with Gasteiger partial charge < -0.3 is 14.6 Å². The molecular formula is C22H26N4O4. The molecule has 0 saturated carbocycles. The lowest BCUT2D eigenvalue weighted by Gasteiger charge is -2.35. The number of piperazine rings is 1. The highest BCUT2D eigenvalue weighted by Gasteiger charge is 2.38. The van der Waals surface area contributed by atoms with Gasteiger partial charge in [0, 0.05) is 39.1 Å². The van der Waals surface area contributed by atoms with Crippen LogP contribution in [-0.4, -0.2) is 64.8 Å². The van der Waals surface area contributed by atoms with E-state index in [1.807, 2.05) is 23.1 Å². The molecule has 2 saturated heterocycles. The number of carbonyl (C=O) groups excluding carboxylic acids is 3. The van der Waals surface area contributed by atoms with E-state index >= 15 is 0 Å². The molecule has 3 heterocycles. The largest absolute Gasteiger partial charge is 0.467 e. The van der Waals surface area contributed by atoms with Gasteiger partial charge in [-0.05, 0) is 24.1 Å². The van der Waals surface area contributed by atoms with Gasteiger partial charge in [0.2, 0.25) is 5.91 Å². The van der Waals surface area contributed by atoms with Crippen molar-refractivity contribution >= 4 is 17.8 Å². The van der Waals surface area contributed by atoms with Crippen molar-refractivity contribution in [2.45, 2.75) is 32.0 Å². The third-order valence-corrected chi connectivity index (χ3v) is 5.62. The fraction of sp³-hybridized carbons (Fsp3) is 0.409. The number of hydrogen-bond donors (Lipinski definition) is 1. The summed E-state index contributed by atoms with van der Waals surface area (Å²) in [7, 11) is 0. The van der Waals surface area contributed by atoms with Gasteiger partial charge in [0.25, 0.3) is 5.91 Å². The Morgan fingerprint density at radius 3 is 2.47 bits per heavy atom. The molecule has 4 amide bonds. The first-order valence-electron chi connectivity index (χ1n) is 10.3. The normalized spacial score (nSPS) is 19.9. The number of imide groups is 1. The van der Waals surface area contributed by atoms with Gasteiger partial charge in [0.15, 0.2) is 0 Å². The molecule has 0 unspecified atom stereocenters. The highest BCUT2D eigenvalue weighted by molar-refractivity contribution is 6.04. The zero-order valence-electron chi connectivity index (χ0n) is 16.8. The lowest BCUT2D eigenvalue weighted by molar-refractivity contribution is -0.133. The minimum absolute atomic E-state index is 0.0286. The summed E-state index contributed by atoms with van der Waals surface area (Å²) in [5, 5.41) is 2.68. The van der Waals surface area contributed by atoms with Crippen molar-refractivity contribution in [2.24, 2.45) is 0 Å². The Balaban J connectivity index is 1.21. The molecule has 8 nitrogen and oxygen atoms in total. The van der Waals surface area contributed by atoms with Gasteiger partial charge in [0.05, 0.1) is 12.8 Å². The Kier molecular flexibility index (Phi) is 6.13. The molecule has 0 spiro atoms. The number of rotatable bonds is 7. The second-order valence-electron chi connectivity index (χ2n) is 7.69. The van der Waals surface area contributed by atoms with E-state index in [4.69, 9.17) is 4.42 Å². The predicted octanol–water partition coefficient (Wildman–Crippen LogP) is 1.82. The number of nitrogens with zero attached hydrogens (tertiary/aromatic N) is 3. The maximum absolute atomic E-state index is 12.6. The van der Waals surface area contributed by atoms with Crippen LogP contribution < -0.4 is 5.32 Å². The highest BCUT2D eigenvalue weighted by Crippen LogP contribution is 2.16. The molecular weight excluding hydrogens is 384 g/mol. The molecule has 8 heteroatoms. The zero-order valence-corrected chi connectivity index (χ0v) is 16.8. The summed E-state index contributed by atoms with van der Waals surface area (Å²) < 4.78 is 5.21. The van der Waals surface area contributed by atoms with Crippen LogP contribution in [0.3, 0.4) is 0 Å². The Labute approximate surface area is 175 Å². The smallest absolute Gasteiger partial charge is 0.325 e. The second-order valence-corrected chi connectivity index (χ2v) is 7.69. The van der Waals surface area contributed by atoms with Crippen LogP contribution in [0.15, 0.2) is 53.1 Å². The van der Waals surface area contributed by atoms with Crippen molar-refractivity contribution in [3.05, 3.63) is 60.1 Å². The van der Waals surface area contributed by atoms with Crippen molar-refractivity contribution in [3.63, 3.8) is 0 Å². The summed E-state index contributed by atoms with van der Waals surface area (Å²) in [6, 6.07) is 12.6. The molecule has 1 aromatic heterocycles. The Morgan fingerprint density at radius 1 is 1.00 bits per heavy atom. The Hall–Kier alpha value is -3.13. The molecule has 0 aliphatic carbocycles. The molecule has 2 aromatic rings. The number of carbonyl (C=O) groups is 3. The van der Waals surface area contributed by atoms with Gasteiger partial charge in [-0.2, -0.15) is 0 Å². The monoisotopic (exact) mass is 410 g/mol. The van der Waals surface area contributed by atoms with Crippen LogP contribution in [0.25, 0.3) is 0 Å². The zero-order chi connectivity index (χ0) is 20.9. The first-order chi connectivity index (χ1) is 14.6. The number of hydrogen-bond acceptors (Lipinski definition) is 5. The second kappa shape index (κ2) is 9.13. The third kappa shape index (κ3) is 4.71. The molecule has 1 aromatic carbocycles. The lowest BCUT2D eigenvalue weighted by Crippen LogP contribution is -2.48. The fourth-order valence-corrected chi connectivity index (χ4v) is 3.90. The number of furan rings is 1. The van der Waals surface area contributed by atoms with Crippen molar-refractivity contribution in [3.8, 4) is 0 Å². The van der Waals surface area contributed by atoms with Crippen molar-refractivity contribution in [2.75, 3.05) is 26.2 Å². The SMILES string of the molecule is O=C(CC[C@@H]1NC(=O)N(Cc2ccco2)C1=O)N1CCN(Cc2ccccc2)CC1. The first-order valence-corrected chi connectivity index (χ1v) is 10.3. The van der Waals surface area contributed by atoms with Gasteiger partial charge >= 0.3 is 6.03 Å². The van der Waals surface area contributed by atoms with Crippen LogP contribution in [0.2, 0.25) is 0 Å². The molecule has 0 bridgehead atoms. The molecule has 2 aliphatic rings. The lowest BCUT2D eigenvalue weighted by atomic mass is 10.1. The minimum atomic E-state index is -0.657. The molecule has 30 heavy (non-hydrogen) atoms. The van der Waals surface area contributed by atoms with Crippen LogP contribution in [0.1, 0.15) is 24.2 Å².